The molecule has 1 aromatic carbocycles. The first-order valence-corrected chi connectivity index (χ1v) is 7.48. The van der Waals surface area contributed by atoms with Crippen molar-refractivity contribution in [1.29, 1.82) is 0 Å². The second-order valence-electron chi connectivity index (χ2n) is 5.91. The number of carbonyl (C=O) groups excluding carboxylic acids is 1. The molecule has 22 heavy (non-hydrogen) atoms. The van der Waals surface area contributed by atoms with Crippen LogP contribution in [-0.4, -0.2) is 66.2 Å². The largest absolute Gasteiger partial charge is 0.507 e. The molecule has 1 aliphatic rings. The van der Waals surface area contributed by atoms with Gasteiger partial charge in [-0.3, -0.25) is 9.69 Å². The van der Waals surface area contributed by atoms with Crippen molar-refractivity contribution in [3.05, 3.63) is 29.6 Å². The van der Waals surface area contributed by atoms with E-state index in [0.717, 1.165) is 25.7 Å². The van der Waals surface area contributed by atoms with Crippen LogP contribution in [0.2, 0.25) is 0 Å². The van der Waals surface area contributed by atoms with Gasteiger partial charge < -0.3 is 14.7 Å². The number of amides is 1. The van der Waals surface area contributed by atoms with Gasteiger partial charge in [-0.2, -0.15) is 0 Å². The molecule has 2 rings (SSSR count). The van der Waals surface area contributed by atoms with E-state index in [1.54, 1.807) is 7.05 Å². The smallest absolute Gasteiger partial charge is 0.257 e. The Morgan fingerprint density at radius 3 is 2.64 bits per heavy atom. The van der Waals surface area contributed by atoms with E-state index in [-0.39, 0.29) is 29.4 Å². The highest BCUT2D eigenvalue weighted by Gasteiger charge is 2.23. The van der Waals surface area contributed by atoms with Gasteiger partial charge in [-0.1, -0.05) is 0 Å². The highest BCUT2D eigenvalue weighted by atomic mass is 19.1. The number of benzene rings is 1. The number of carbonyl (C=O) groups is 1. The molecule has 0 aromatic heterocycles. The Balaban J connectivity index is 1.91. The van der Waals surface area contributed by atoms with Gasteiger partial charge in [-0.15, -0.1) is 0 Å². The van der Waals surface area contributed by atoms with Crippen molar-refractivity contribution >= 4 is 5.91 Å². The van der Waals surface area contributed by atoms with E-state index in [2.05, 4.69) is 4.90 Å². The van der Waals surface area contributed by atoms with Gasteiger partial charge in [0.2, 0.25) is 0 Å². The second-order valence-corrected chi connectivity index (χ2v) is 5.91. The first-order chi connectivity index (χ1) is 10.4. The van der Waals surface area contributed by atoms with Crippen molar-refractivity contribution in [3.8, 4) is 5.75 Å². The van der Waals surface area contributed by atoms with Crippen LogP contribution in [0.3, 0.4) is 0 Å². The molecule has 5 nitrogen and oxygen atoms in total. The van der Waals surface area contributed by atoms with Crippen molar-refractivity contribution in [1.82, 2.24) is 9.80 Å². The third kappa shape index (κ3) is 4.18. The Hall–Kier alpha value is -1.66. The summed E-state index contributed by atoms with van der Waals surface area (Å²) in [6.07, 6.45) is 0.372. The highest BCUT2D eigenvalue weighted by molar-refractivity contribution is 5.96. The lowest BCUT2D eigenvalue weighted by atomic mass is 10.1. The minimum Gasteiger partial charge on any atom is -0.507 e. The average Bonchev–Trinajstić information content (AvgIpc) is 2.43. The summed E-state index contributed by atoms with van der Waals surface area (Å²) in [6, 6.07) is 3.43. The van der Waals surface area contributed by atoms with Gasteiger partial charge in [-0.25, -0.2) is 4.39 Å². The zero-order valence-corrected chi connectivity index (χ0v) is 13.3. The maximum Gasteiger partial charge on any atom is 0.257 e. The van der Waals surface area contributed by atoms with Crippen LogP contribution in [-0.2, 0) is 4.74 Å². The van der Waals surface area contributed by atoms with Crippen molar-refractivity contribution in [2.75, 3.05) is 33.2 Å². The maximum atomic E-state index is 13.0. The molecule has 0 unspecified atom stereocenters. The molecule has 1 saturated heterocycles. The van der Waals surface area contributed by atoms with Crippen molar-refractivity contribution in [3.63, 3.8) is 0 Å². The number of hydrogen-bond donors (Lipinski definition) is 1. The number of likely N-dealkylation sites (N-methyl/N-ethyl adjacent to an activating group) is 1. The van der Waals surface area contributed by atoms with Gasteiger partial charge in [-0.05, 0) is 26.0 Å². The van der Waals surface area contributed by atoms with E-state index in [0.29, 0.717) is 6.54 Å². The lowest BCUT2D eigenvalue weighted by Crippen LogP contribution is -2.48. The van der Waals surface area contributed by atoms with E-state index in [1.165, 1.54) is 17.0 Å². The molecular weight excluding hydrogens is 287 g/mol. The van der Waals surface area contributed by atoms with E-state index in [4.69, 9.17) is 4.74 Å². The van der Waals surface area contributed by atoms with E-state index >= 15 is 0 Å². The molecule has 0 bridgehead atoms. The Kier molecular flexibility index (Phi) is 5.37. The van der Waals surface area contributed by atoms with Gasteiger partial charge in [0, 0.05) is 39.3 Å². The van der Waals surface area contributed by atoms with Crippen LogP contribution in [0.4, 0.5) is 4.39 Å². The predicted octanol–water partition coefficient (Wildman–Crippen LogP) is 1.71. The Labute approximate surface area is 130 Å². The van der Waals surface area contributed by atoms with Crippen molar-refractivity contribution in [2.24, 2.45) is 0 Å². The van der Waals surface area contributed by atoms with Crippen molar-refractivity contribution in [2.45, 2.75) is 26.1 Å². The van der Waals surface area contributed by atoms with Gasteiger partial charge in [0.1, 0.15) is 11.6 Å². The fourth-order valence-electron chi connectivity index (χ4n) is 2.75. The van der Waals surface area contributed by atoms with Gasteiger partial charge in [0.05, 0.1) is 17.8 Å². The normalized spacial score (nSPS) is 22.5. The number of halogens is 1. The van der Waals surface area contributed by atoms with Crippen LogP contribution < -0.4 is 0 Å². The lowest BCUT2D eigenvalue weighted by Gasteiger charge is -2.36. The third-order valence-corrected chi connectivity index (χ3v) is 3.78. The lowest BCUT2D eigenvalue weighted by molar-refractivity contribution is -0.0685. The number of aromatic hydroxyl groups is 1. The number of rotatable bonds is 4. The number of phenolic OH excluding ortho intramolecular Hbond substituents is 1. The van der Waals surface area contributed by atoms with Crippen LogP contribution in [0.5, 0.6) is 5.75 Å². The summed E-state index contributed by atoms with van der Waals surface area (Å²) in [5.74, 6) is -1.20. The minimum absolute atomic E-state index is 0.118. The molecule has 1 heterocycles. The van der Waals surface area contributed by atoms with Crippen molar-refractivity contribution < 1.29 is 19.0 Å². The summed E-state index contributed by atoms with van der Waals surface area (Å²) in [6.45, 7) is 7.03. The summed E-state index contributed by atoms with van der Waals surface area (Å²) < 4.78 is 18.6. The fourth-order valence-corrected chi connectivity index (χ4v) is 2.75. The molecule has 1 N–H and O–H groups in total. The fraction of sp³-hybridized carbons (Fsp3) is 0.562. The number of nitrogens with zero attached hydrogens (tertiary/aromatic N) is 2. The first kappa shape index (κ1) is 16.7. The average molecular weight is 310 g/mol. The molecule has 1 aliphatic heterocycles. The number of ether oxygens (including phenoxy) is 1. The van der Waals surface area contributed by atoms with Gasteiger partial charge >= 0.3 is 0 Å². The standard InChI is InChI=1S/C16H23FN2O3/c1-11-9-19(10-12(2)22-11)7-6-18(3)16(21)14-5-4-13(17)8-15(14)20/h4-5,8,11-12,20H,6-7,9-10H2,1-3H3/t11-,12+. The zero-order valence-electron chi connectivity index (χ0n) is 13.3. The van der Waals surface area contributed by atoms with Crippen LogP contribution in [0.15, 0.2) is 18.2 Å². The molecule has 122 valence electrons. The topological polar surface area (TPSA) is 53.0 Å². The number of hydrogen-bond acceptors (Lipinski definition) is 4. The second kappa shape index (κ2) is 7.07. The summed E-state index contributed by atoms with van der Waals surface area (Å²) in [5.41, 5.74) is 0.118. The van der Waals surface area contributed by atoms with E-state index in [9.17, 15) is 14.3 Å². The van der Waals surface area contributed by atoms with Crippen LogP contribution >= 0.6 is 0 Å². The summed E-state index contributed by atoms with van der Waals surface area (Å²) in [7, 11) is 1.68. The Morgan fingerprint density at radius 1 is 1.41 bits per heavy atom. The van der Waals surface area contributed by atoms with Crippen LogP contribution in [0.25, 0.3) is 0 Å². The van der Waals surface area contributed by atoms with Gasteiger partial charge in [0.25, 0.3) is 5.91 Å². The molecule has 0 spiro atoms. The maximum absolute atomic E-state index is 13.0. The molecule has 1 fully saturated rings. The van der Waals surface area contributed by atoms with Gasteiger partial charge in [0.15, 0.2) is 0 Å². The Bertz CT molecular complexity index is 528. The van der Waals surface area contributed by atoms with Crippen LogP contribution in [0.1, 0.15) is 24.2 Å². The summed E-state index contributed by atoms with van der Waals surface area (Å²) >= 11 is 0. The Morgan fingerprint density at radius 2 is 2.05 bits per heavy atom. The molecule has 0 aliphatic carbocycles. The molecular formula is C16H23FN2O3. The predicted molar refractivity (Wildman–Crippen MR) is 81.5 cm³/mol. The third-order valence-electron chi connectivity index (χ3n) is 3.78. The van der Waals surface area contributed by atoms with E-state index in [1.807, 2.05) is 13.8 Å². The number of morpholine rings is 1. The van der Waals surface area contributed by atoms with Crippen LogP contribution in [0, 0.1) is 5.82 Å². The molecule has 2 atom stereocenters. The molecule has 1 aromatic rings. The summed E-state index contributed by atoms with van der Waals surface area (Å²) in [4.78, 5) is 16.1. The monoisotopic (exact) mass is 310 g/mol. The molecule has 6 heteroatoms. The minimum atomic E-state index is -0.562. The zero-order chi connectivity index (χ0) is 16.3. The molecule has 1 amide bonds. The first-order valence-electron chi connectivity index (χ1n) is 7.48. The number of phenols is 1. The van der Waals surface area contributed by atoms with E-state index < -0.39 is 5.82 Å². The molecule has 0 radical (unpaired) electrons. The highest BCUT2D eigenvalue weighted by Crippen LogP contribution is 2.19. The molecule has 0 saturated carbocycles. The quantitative estimate of drug-likeness (QED) is 0.920. The SMILES string of the molecule is C[C@@H]1CN(CCN(C)C(=O)c2ccc(F)cc2O)C[C@H](C)O1. The summed E-state index contributed by atoms with van der Waals surface area (Å²) in [5, 5.41) is 9.68.